The van der Waals surface area contributed by atoms with E-state index in [0.717, 1.165) is 42.9 Å². The van der Waals surface area contributed by atoms with Gasteiger partial charge in [0.25, 0.3) is 0 Å². The van der Waals surface area contributed by atoms with Crippen LogP contribution in [0.25, 0.3) is 10.2 Å². The molecule has 0 N–H and O–H groups in total. The number of nitrogens with zero attached hydrogens (tertiary/aromatic N) is 2. The molecular formula is C20H26N2O2S. The van der Waals surface area contributed by atoms with Crippen LogP contribution >= 0.6 is 11.3 Å². The average molecular weight is 359 g/mol. The second-order valence-electron chi connectivity index (χ2n) is 7.44. The zero-order valence-corrected chi connectivity index (χ0v) is 15.9. The van der Waals surface area contributed by atoms with E-state index in [1.165, 1.54) is 28.7 Å². The van der Waals surface area contributed by atoms with E-state index in [-0.39, 0.29) is 17.9 Å². The normalized spacial score (nSPS) is 21.3. The smallest absolute Gasteiger partial charge is 0.231 e. The number of hydrogen-bond acceptors (Lipinski definition) is 4. The Labute approximate surface area is 153 Å². The highest BCUT2D eigenvalue weighted by molar-refractivity contribution is 7.22. The van der Waals surface area contributed by atoms with Crippen molar-refractivity contribution in [2.75, 3.05) is 18.1 Å². The van der Waals surface area contributed by atoms with E-state index in [4.69, 9.17) is 9.72 Å². The van der Waals surface area contributed by atoms with Crippen LogP contribution in [0.5, 0.6) is 0 Å². The molecule has 1 atom stereocenters. The third kappa shape index (κ3) is 3.32. The fourth-order valence-electron chi connectivity index (χ4n) is 4.01. The molecule has 1 aromatic carbocycles. The molecule has 1 saturated heterocycles. The Morgan fingerprint density at radius 2 is 1.96 bits per heavy atom. The Bertz CT molecular complexity index is 734. The van der Waals surface area contributed by atoms with E-state index < -0.39 is 0 Å². The lowest BCUT2D eigenvalue weighted by atomic mass is 10.1. The van der Waals surface area contributed by atoms with E-state index >= 15 is 0 Å². The summed E-state index contributed by atoms with van der Waals surface area (Å²) in [4.78, 5) is 20.0. The van der Waals surface area contributed by atoms with Crippen LogP contribution in [0.2, 0.25) is 0 Å². The summed E-state index contributed by atoms with van der Waals surface area (Å²) in [6.07, 6.45) is 6.66. The van der Waals surface area contributed by atoms with Gasteiger partial charge in [0.2, 0.25) is 5.91 Å². The molecule has 0 spiro atoms. The third-order valence-corrected chi connectivity index (χ3v) is 6.76. The fraction of sp³-hybridized carbons (Fsp3) is 0.600. The summed E-state index contributed by atoms with van der Waals surface area (Å²) in [5, 5.41) is 0.847. The van der Waals surface area contributed by atoms with Crippen molar-refractivity contribution in [1.82, 2.24) is 4.98 Å². The molecule has 1 aliphatic carbocycles. The predicted octanol–water partition coefficient (Wildman–Crippen LogP) is 4.62. The van der Waals surface area contributed by atoms with Gasteiger partial charge in [0, 0.05) is 12.5 Å². The molecule has 0 bridgehead atoms. The minimum atomic E-state index is 0.152. The van der Waals surface area contributed by atoms with Gasteiger partial charge in [-0.1, -0.05) is 36.3 Å². The molecule has 1 saturated carbocycles. The van der Waals surface area contributed by atoms with Crippen LogP contribution in [0.1, 0.15) is 49.7 Å². The average Bonchev–Trinajstić information content (AvgIpc) is 3.36. The van der Waals surface area contributed by atoms with Gasteiger partial charge in [-0.05, 0) is 50.7 Å². The van der Waals surface area contributed by atoms with Gasteiger partial charge >= 0.3 is 0 Å². The van der Waals surface area contributed by atoms with Crippen molar-refractivity contribution in [2.45, 2.75) is 58.5 Å². The SMILES string of the molecule is Cc1ccc(C)c2sc(N(CC3CCCO3)C(=O)C3CCCC3)nc12. The molecule has 2 aromatic rings. The molecule has 1 aliphatic heterocycles. The number of thiazole rings is 1. The van der Waals surface area contributed by atoms with Crippen LogP contribution in [-0.4, -0.2) is 30.1 Å². The number of carbonyl (C=O) groups is 1. The number of benzene rings is 1. The number of anilines is 1. The number of ether oxygens (including phenoxy) is 1. The summed E-state index contributed by atoms with van der Waals surface area (Å²) in [5.41, 5.74) is 3.44. The first-order chi connectivity index (χ1) is 12.1. The Hall–Kier alpha value is -1.46. The first-order valence-electron chi connectivity index (χ1n) is 9.43. The number of fused-ring (bicyclic) bond motifs is 1. The number of aromatic nitrogens is 1. The quantitative estimate of drug-likeness (QED) is 0.801. The Balaban J connectivity index is 1.70. The van der Waals surface area contributed by atoms with Crippen LogP contribution in [0, 0.1) is 19.8 Å². The third-order valence-electron chi connectivity index (χ3n) is 5.54. The minimum absolute atomic E-state index is 0.152. The van der Waals surface area contributed by atoms with Crippen molar-refractivity contribution in [3.05, 3.63) is 23.3 Å². The molecule has 134 valence electrons. The van der Waals surface area contributed by atoms with E-state index in [1.807, 2.05) is 4.90 Å². The van der Waals surface area contributed by atoms with Gasteiger partial charge < -0.3 is 4.74 Å². The Morgan fingerprint density at radius 3 is 2.64 bits per heavy atom. The highest BCUT2D eigenvalue weighted by atomic mass is 32.1. The predicted molar refractivity (Wildman–Crippen MR) is 102 cm³/mol. The Morgan fingerprint density at radius 1 is 1.20 bits per heavy atom. The van der Waals surface area contributed by atoms with E-state index in [0.29, 0.717) is 6.54 Å². The number of carbonyl (C=O) groups excluding carboxylic acids is 1. The highest BCUT2D eigenvalue weighted by Gasteiger charge is 2.32. The van der Waals surface area contributed by atoms with Crippen molar-refractivity contribution >= 4 is 32.6 Å². The summed E-state index contributed by atoms with van der Waals surface area (Å²) < 4.78 is 7.02. The minimum Gasteiger partial charge on any atom is -0.376 e. The van der Waals surface area contributed by atoms with Gasteiger partial charge in [-0.25, -0.2) is 4.98 Å². The second-order valence-corrected chi connectivity index (χ2v) is 8.42. The first kappa shape index (κ1) is 17.0. The molecule has 1 aromatic heterocycles. The van der Waals surface area contributed by atoms with Crippen molar-refractivity contribution in [1.29, 1.82) is 0 Å². The highest BCUT2D eigenvalue weighted by Crippen LogP contribution is 2.36. The van der Waals surface area contributed by atoms with Crippen molar-refractivity contribution < 1.29 is 9.53 Å². The maximum atomic E-state index is 13.2. The second kappa shape index (κ2) is 7.04. The Kier molecular flexibility index (Phi) is 4.78. The van der Waals surface area contributed by atoms with Gasteiger partial charge in [-0.3, -0.25) is 9.69 Å². The van der Waals surface area contributed by atoms with Gasteiger partial charge in [-0.15, -0.1) is 0 Å². The van der Waals surface area contributed by atoms with Crippen LogP contribution < -0.4 is 4.90 Å². The van der Waals surface area contributed by atoms with Crippen LogP contribution in [0.4, 0.5) is 5.13 Å². The molecule has 25 heavy (non-hydrogen) atoms. The molecule has 0 radical (unpaired) electrons. The number of amides is 1. The summed E-state index contributed by atoms with van der Waals surface area (Å²) in [7, 11) is 0. The molecule has 2 fully saturated rings. The molecule has 1 unspecified atom stereocenters. The maximum Gasteiger partial charge on any atom is 0.231 e. The lowest BCUT2D eigenvalue weighted by Gasteiger charge is -2.25. The number of hydrogen-bond donors (Lipinski definition) is 0. The summed E-state index contributed by atoms with van der Waals surface area (Å²) in [6, 6.07) is 4.26. The maximum absolute atomic E-state index is 13.2. The van der Waals surface area contributed by atoms with Gasteiger partial charge in [0.05, 0.1) is 22.9 Å². The standard InChI is InChI=1S/C20H26N2O2S/c1-13-9-10-14(2)18-17(13)21-20(25-18)22(12-16-8-5-11-24-16)19(23)15-6-3-4-7-15/h9-10,15-16H,3-8,11-12H2,1-2H3. The molecule has 2 heterocycles. The van der Waals surface area contributed by atoms with Crippen LogP contribution in [0.15, 0.2) is 12.1 Å². The molecule has 4 nitrogen and oxygen atoms in total. The fourth-order valence-corrected chi connectivity index (χ4v) is 5.14. The molecule has 1 amide bonds. The van der Waals surface area contributed by atoms with Gasteiger partial charge in [0.15, 0.2) is 5.13 Å². The molecule has 4 rings (SSSR count). The van der Waals surface area contributed by atoms with Crippen molar-refractivity contribution in [2.24, 2.45) is 5.92 Å². The topological polar surface area (TPSA) is 42.4 Å². The van der Waals surface area contributed by atoms with Crippen LogP contribution in [0.3, 0.4) is 0 Å². The first-order valence-corrected chi connectivity index (χ1v) is 10.2. The number of rotatable bonds is 4. The van der Waals surface area contributed by atoms with Crippen molar-refractivity contribution in [3.8, 4) is 0 Å². The molecular weight excluding hydrogens is 332 g/mol. The molecule has 2 aliphatic rings. The van der Waals surface area contributed by atoms with Crippen LogP contribution in [-0.2, 0) is 9.53 Å². The largest absolute Gasteiger partial charge is 0.376 e. The van der Waals surface area contributed by atoms with E-state index in [1.54, 1.807) is 11.3 Å². The zero-order chi connectivity index (χ0) is 17.4. The van der Waals surface area contributed by atoms with Gasteiger partial charge in [-0.2, -0.15) is 0 Å². The lowest BCUT2D eigenvalue weighted by molar-refractivity contribution is -0.122. The van der Waals surface area contributed by atoms with E-state index in [9.17, 15) is 4.79 Å². The number of aryl methyl sites for hydroxylation is 2. The zero-order valence-electron chi connectivity index (χ0n) is 15.1. The van der Waals surface area contributed by atoms with Gasteiger partial charge in [0.1, 0.15) is 0 Å². The lowest BCUT2D eigenvalue weighted by Crippen LogP contribution is -2.40. The summed E-state index contributed by atoms with van der Waals surface area (Å²) >= 11 is 1.66. The van der Waals surface area contributed by atoms with Crippen molar-refractivity contribution in [3.63, 3.8) is 0 Å². The summed E-state index contributed by atoms with van der Waals surface area (Å²) in [5.74, 6) is 0.415. The molecule has 5 heteroatoms. The monoisotopic (exact) mass is 358 g/mol. The van der Waals surface area contributed by atoms with E-state index in [2.05, 4.69) is 26.0 Å². The summed E-state index contributed by atoms with van der Waals surface area (Å²) in [6.45, 7) is 5.67.